The Morgan fingerprint density at radius 3 is 2.83 bits per heavy atom. The van der Waals surface area contributed by atoms with Gasteiger partial charge in [-0.3, -0.25) is 4.98 Å². The van der Waals surface area contributed by atoms with Gasteiger partial charge in [-0.05, 0) is 37.4 Å². The monoisotopic (exact) mass is 264 g/mol. The summed E-state index contributed by atoms with van der Waals surface area (Å²) in [5, 5.41) is 0.879. The summed E-state index contributed by atoms with van der Waals surface area (Å²) >= 11 is 1.81. The zero-order valence-electron chi connectivity index (χ0n) is 10.9. The van der Waals surface area contributed by atoms with Gasteiger partial charge < -0.3 is 4.90 Å². The molecule has 0 aliphatic heterocycles. The molecule has 1 aromatic carbocycles. The van der Waals surface area contributed by atoms with Crippen LogP contribution in [0.4, 0.5) is 10.1 Å². The van der Waals surface area contributed by atoms with E-state index in [-0.39, 0.29) is 5.82 Å². The maximum absolute atomic E-state index is 13.4. The average Bonchev–Trinajstić information content (AvgIpc) is 2.35. The van der Waals surface area contributed by atoms with Crippen LogP contribution in [0.3, 0.4) is 0 Å². The zero-order valence-corrected chi connectivity index (χ0v) is 11.7. The fraction of sp³-hybridized carbons (Fsp3) is 0.357. The molecule has 0 radical (unpaired) electrons. The van der Waals surface area contributed by atoms with Crippen molar-refractivity contribution >= 4 is 28.4 Å². The van der Waals surface area contributed by atoms with Crippen molar-refractivity contribution in [3.05, 3.63) is 35.8 Å². The molecule has 0 saturated carbocycles. The van der Waals surface area contributed by atoms with Gasteiger partial charge in [0, 0.05) is 36.1 Å². The van der Waals surface area contributed by atoms with Gasteiger partial charge in [0.05, 0.1) is 5.52 Å². The highest BCUT2D eigenvalue weighted by Crippen LogP contribution is 2.26. The Kier molecular flexibility index (Phi) is 4.07. The number of thioether (sulfide) groups is 1. The van der Waals surface area contributed by atoms with Crippen LogP contribution in [0, 0.1) is 12.7 Å². The second-order valence-electron chi connectivity index (χ2n) is 4.36. The van der Waals surface area contributed by atoms with Gasteiger partial charge in [-0.15, -0.1) is 0 Å². The number of aryl methyl sites for hydroxylation is 1. The Hall–Kier alpha value is -1.29. The van der Waals surface area contributed by atoms with Gasteiger partial charge in [-0.1, -0.05) is 0 Å². The first-order chi connectivity index (χ1) is 8.61. The first-order valence-corrected chi connectivity index (χ1v) is 7.28. The summed E-state index contributed by atoms with van der Waals surface area (Å²) in [6.07, 6.45) is 2.09. The van der Waals surface area contributed by atoms with Gasteiger partial charge in [-0.2, -0.15) is 11.8 Å². The number of hydrogen-bond acceptors (Lipinski definition) is 3. The first kappa shape index (κ1) is 13.1. The molecule has 96 valence electrons. The van der Waals surface area contributed by atoms with Gasteiger partial charge in [0.2, 0.25) is 0 Å². The summed E-state index contributed by atoms with van der Waals surface area (Å²) in [7, 11) is 2.04. The number of fused-ring (bicyclic) bond motifs is 1. The van der Waals surface area contributed by atoms with Crippen LogP contribution in [0.1, 0.15) is 5.69 Å². The second-order valence-corrected chi connectivity index (χ2v) is 5.34. The van der Waals surface area contributed by atoms with Gasteiger partial charge in [-0.25, -0.2) is 4.39 Å². The van der Waals surface area contributed by atoms with Crippen LogP contribution in [0.25, 0.3) is 10.9 Å². The summed E-state index contributed by atoms with van der Waals surface area (Å²) in [4.78, 5) is 6.60. The molecule has 2 aromatic rings. The minimum atomic E-state index is -0.215. The fourth-order valence-corrected chi connectivity index (χ4v) is 2.43. The maximum Gasteiger partial charge on any atom is 0.124 e. The molecule has 0 aliphatic carbocycles. The molecule has 0 saturated heterocycles. The standard InChI is InChI=1S/C14H17FN2S/c1-10-8-14(17(2)6-7-18-3)12-9-11(15)4-5-13(12)16-10/h4-5,8-9H,6-7H2,1-3H3. The molecule has 2 rings (SSSR count). The molecule has 0 aliphatic rings. The van der Waals surface area contributed by atoms with Crippen molar-refractivity contribution in [2.75, 3.05) is 30.5 Å². The van der Waals surface area contributed by atoms with E-state index >= 15 is 0 Å². The number of nitrogens with zero attached hydrogens (tertiary/aromatic N) is 2. The van der Waals surface area contributed by atoms with Gasteiger partial charge >= 0.3 is 0 Å². The highest BCUT2D eigenvalue weighted by atomic mass is 32.2. The van der Waals surface area contributed by atoms with Crippen molar-refractivity contribution in [1.29, 1.82) is 0 Å². The molecule has 18 heavy (non-hydrogen) atoms. The summed E-state index contributed by atoms with van der Waals surface area (Å²) in [6, 6.07) is 6.78. The van der Waals surface area contributed by atoms with Crippen LogP contribution in [0.2, 0.25) is 0 Å². The van der Waals surface area contributed by atoms with Crippen LogP contribution < -0.4 is 4.90 Å². The molecule has 1 aromatic heterocycles. The molecule has 0 fully saturated rings. The van der Waals surface area contributed by atoms with Crippen LogP contribution in [0.5, 0.6) is 0 Å². The molecular formula is C14H17FN2S. The second kappa shape index (κ2) is 5.57. The van der Waals surface area contributed by atoms with E-state index in [1.807, 2.05) is 20.0 Å². The number of halogens is 1. The molecule has 1 heterocycles. The highest BCUT2D eigenvalue weighted by molar-refractivity contribution is 7.98. The van der Waals surface area contributed by atoms with Crippen LogP contribution in [-0.2, 0) is 0 Å². The van der Waals surface area contributed by atoms with E-state index < -0.39 is 0 Å². The van der Waals surface area contributed by atoms with E-state index in [1.54, 1.807) is 23.9 Å². The van der Waals surface area contributed by atoms with E-state index in [1.165, 1.54) is 6.07 Å². The van der Waals surface area contributed by atoms with Crippen molar-refractivity contribution in [3.8, 4) is 0 Å². The first-order valence-electron chi connectivity index (χ1n) is 5.89. The Bertz CT molecular complexity index is 557. The van der Waals surface area contributed by atoms with Crippen LogP contribution >= 0.6 is 11.8 Å². The number of pyridine rings is 1. The van der Waals surface area contributed by atoms with Crippen molar-refractivity contribution < 1.29 is 4.39 Å². The maximum atomic E-state index is 13.4. The van der Waals surface area contributed by atoms with Crippen molar-refractivity contribution in [1.82, 2.24) is 4.98 Å². The third kappa shape index (κ3) is 2.75. The quantitative estimate of drug-likeness (QED) is 0.841. The Morgan fingerprint density at radius 2 is 2.11 bits per heavy atom. The Balaban J connectivity index is 2.50. The van der Waals surface area contributed by atoms with Gasteiger partial charge in [0.25, 0.3) is 0 Å². The summed E-state index contributed by atoms with van der Waals surface area (Å²) in [6.45, 7) is 2.91. The van der Waals surface area contributed by atoms with E-state index in [0.29, 0.717) is 0 Å². The SMILES string of the molecule is CSCCN(C)c1cc(C)nc2ccc(F)cc12. The summed E-state index contributed by atoms with van der Waals surface area (Å²) in [5.74, 6) is 0.835. The third-order valence-electron chi connectivity index (χ3n) is 2.92. The summed E-state index contributed by atoms with van der Waals surface area (Å²) in [5.41, 5.74) is 2.86. The molecule has 0 unspecified atom stereocenters. The minimum absolute atomic E-state index is 0.215. The molecule has 2 nitrogen and oxygen atoms in total. The molecule has 0 bridgehead atoms. The van der Waals surface area contributed by atoms with Crippen molar-refractivity contribution in [2.45, 2.75) is 6.92 Å². The van der Waals surface area contributed by atoms with E-state index in [4.69, 9.17) is 0 Å². The number of hydrogen-bond donors (Lipinski definition) is 0. The molecule has 0 amide bonds. The summed E-state index contributed by atoms with van der Waals surface area (Å²) < 4.78 is 13.4. The lowest BCUT2D eigenvalue weighted by atomic mass is 10.1. The van der Waals surface area contributed by atoms with Crippen LogP contribution in [-0.4, -0.2) is 30.6 Å². The number of benzene rings is 1. The molecule has 0 atom stereocenters. The molecular weight excluding hydrogens is 247 g/mol. The topological polar surface area (TPSA) is 16.1 Å². The van der Waals surface area contributed by atoms with Gasteiger partial charge in [0.15, 0.2) is 0 Å². The van der Waals surface area contributed by atoms with E-state index in [2.05, 4.69) is 16.1 Å². The zero-order chi connectivity index (χ0) is 13.1. The average molecular weight is 264 g/mol. The normalized spacial score (nSPS) is 10.9. The van der Waals surface area contributed by atoms with E-state index in [9.17, 15) is 4.39 Å². The smallest absolute Gasteiger partial charge is 0.124 e. The lowest BCUT2D eigenvalue weighted by Crippen LogP contribution is -2.20. The largest absolute Gasteiger partial charge is 0.373 e. The Morgan fingerprint density at radius 1 is 1.33 bits per heavy atom. The van der Waals surface area contributed by atoms with Crippen LogP contribution in [0.15, 0.2) is 24.3 Å². The van der Waals surface area contributed by atoms with Gasteiger partial charge in [0.1, 0.15) is 5.82 Å². The number of aromatic nitrogens is 1. The highest BCUT2D eigenvalue weighted by Gasteiger charge is 2.09. The Labute approximate surface area is 111 Å². The van der Waals surface area contributed by atoms with Crippen molar-refractivity contribution in [3.63, 3.8) is 0 Å². The predicted molar refractivity (Wildman–Crippen MR) is 78.1 cm³/mol. The minimum Gasteiger partial charge on any atom is -0.373 e. The molecule has 0 spiro atoms. The lowest BCUT2D eigenvalue weighted by Gasteiger charge is -2.21. The number of rotatable bonds is 4. The predicted octanol–water partition coefficient (Wildman–Crippen LogP) is 3.48. The molecule has 4 heteroatoms. The third-order valence-corrected chi connectivity index (χ3v) is 3.51. The molecule has 0 N–H and O–H groups in total. The fourth-order valence-electron chi connectivity index (χ4n) is 1.97. The number of anilines is 1. The lowest BCUT2D eigenvalue weighted by molar-refractivity contribution is 0.629. The van der Waals surface area contributed by atoms with Crippen molar-refractivity contribution in [2.24, 2.45) is 0 Å². The van der Waals surface area contributed by atoms with E-state index in [0.717, 1.165) is 34.6 Å².